The number of carbonyl (C=O) groups excluding carboxylic acids is 1. The molecule has 1 aromatic heterocycles. The largest absolute Gasteiger partial charge is 0.339 e. The second-order valence-electron chi connectivity index (χ2n) is 8.69. The first-order chi connectivity index (χ1) is 13.7. The number of benzene rings is 1. The maximum Gasteiger partial charge on any atom is 0.266 e. The van der Waals surface area contributed by atoms with Crippen LogP contribution in [0.25, 0.3) is 0 Å². The fourth-order valence-corrected chi connectivity index (χ4v) is 4.93. The Morgan fingerprint density at radius 1 is 1.18 bits per heavy atom. The molecule has 0 radical (unpaired) electrons. The number of piperidine rings is 2. The van der Waals surface area contributed by atoms with Crippen molar-refractivity contribution in [3.8, 4) is 0 Å². The van der Waals surface area contributed by atoms with Crippen LogP contribution in [0, 0.1) is 5.41 Å². The molecule has 28 heavy (non-hydrogen) atoms. The Balaban J connectivity index is 1.36. The SMILES string of the molecule is CCc1nc(N2CCC3(CC2)C[C@@H](c2ccccc2)C(=O)N(C2CC2)C3)no1. The number of aromatic nitrogens is 2. The first-order valence-electron chi connectivity index (χ1n) is 10.6. The van der Waals surface area contributed by atoms with Gasteiger partial charge in [0.1, 0.15) is 0 Å². The van der Waals surface area contributed by atoms with Crippen molar-refractivity contribution in [3.63, 3.8) is 0 Å². The van der Waals surface area contributed by atoms with Gasteiger partial charge >= 0.3 is 0 Å². The minimum absolute atomic E-state index is 0.000954. The predicted molar refractivity (Wildman–Crippen MR) is 106 cm³/mol. The minimum Gasteiger partial charge on any atom is -0.339 e. The van der Waals surface area contributed by atoms with E-state index in [1.807, 2.05) is 13.0 Å². The van der Waals surface area contributed by atoms with Crippen LogP contribution in [0.15, 0.2) is 34.9 Å². The van der Waals surface area contributed by atoms with Crippen molar-refractivity contribution in [1.82, 2.24) is 15.0 Å². The third-order valence-electron chi connectivity index (χ3n) is 6.78. The van der Waals surface area contributed by atoms with Crippen LogP contribution in [-0.2, 0) is 11.2 Å². The lowest BCUT2D eigenvalue weighted by molar-refractivity contribution is -0.141. The summed E-state index contributed by atoms with van der Waals surface area (Å²) in [6, 6.07) is 10.8. The number of amides is 1. The molecule has 1 atom stereocenters. The molecular formula is C22H28N4O2. The predicted octanol–water partition coefficient (Wildman–Crippen LogP) is 3.40. The first-order valence-corrected chi connectivity index (χ1v) is 10.6. The zero-order chi connectivity index (χ0) is 19.1. The number of likely N-dealkylation sites (tertiary alicyclic amines) is 1. The molecule has 1 amide bonds. The Morgan fingerprint density at radius 3 is 2.57 bits per heavy atom. The highest BCUT2D eigenvalue weighted by atomic mass is 16.5. The molecule has 1 saturated carbocycles. The van der Waals surface area contributed by atoms with Gasteiger partial charge in [0.25, 0.3) is 5.95 Å². The van der Waals surface area contributed by atoms with E-state index in [1.165, 1.54) is 5.56 Å². The quantitative estimate of drug-likeness (QED) is 0.814. The summed E-state index contributed by atoms with van der Waals surface area (Å²) in [7, 11) is 0. The third-order valence-corrected chi connectivity index (χ3v) is 6.78. The number of carbonyl (C=O) groups is 1. The fraction of sp³-hybridized carbons (Fsp3) is 0.591. The van der Waals surface area contributed by atoms with E-state index in [0.29, 0.717) is 17.8 Å². The molecule has 1 aliphatic carbocycles. The summed E-state index contributed by atoms with van der Waals surface area (Å²) >= 11 is 0. The maximum absolute atomic E-state index is 13.2. The van der Waals surface area contributed by atoms with E-state index in [2.05, 4.69) is 44.2 Å². The summed E-state index contributed by atoms with van der Waals surface area (Å²) in [6.07, 6.45) is 6.20. The van der Waals surface area contributed by atoms with Crippen molar-refractivity contribution in [2.45, 2.75) is 57.4 Å². The molecule has 6 nitrogen and oxygen atoms in total. The van der Waals surface area contributed by atoms with Gasteiger partial charge in [0, 0.05) is 32.1 Å². The van der Waals surface area contributed by atoms with Crippen molar-refractivity contribution < 1.29 is 9.32 Å². The van der Waals surface area contributed by atoms with Crippen LogP contribution in [0.2, 0.25) is 0 Å². The second-order valence-corrected chi connectivity index (χ2v) is 8.69. The Bertz CT molecular complexity index is 837. The summed E-state index contributed by atoms with van der Waals surface area (Å²) < 4.78 is 5.29. The van der Waals surface area contributed by atoms with Crippen molar-refractivity contribution in [3.05, 3.63) is 41.8 Å². The lowest BCUT2D eigenvalue weighted by Gasteiger charge is -2.50. The van der Waals surface area contributed by atoms with Crippen molar-refractivity contribution in [2.75, 3.05) is 24.5 Å². The molecule has 3 fully saturated rings. The van der Waals surface area contributed by atoms with Crippen molar-refractivity contribution in [2.24, 2.45) is 5.41 Å². The number of rotatable bonds is 4. The molecule has 2 aromatic rings. The molecule has 3 aliphatic rings. The lowest BCUT2D eigenvalue weighted by Crippen LogP contribution is -2.54. The van der Waals surface area contributed by atoms with E-state index in [0.717, 1.165) is 64.1 Å². The normalized spacial score (nSPS) is 24.8. The molecule has 148 valence electrons. The molecule has 0 unspecified atom stereocenters. The van der Waals surface area contributed by atoms with Crippen LogP contribution >= 0.6 is 0 Å². The monoisotopic (exact) mass is 380 g/mol. The summed E-state index contributed by atoms with van der Waals surface area (Å²) in [6.45, 7) is 4.80. The van der Waals surface area contributed by atoms with E-state index >= 15 is 0 Å². The van der Waals surface area contributed by atoms with Gasteiger partial charge in [-0.15, -0.1) is 0 Å². The van der Waals surface area contributed by atoms with E-state index in [1.54, 1.807) is 0 Å². The third kappa shape index (κ3) is 3.19. The van der Waals surface area contributed by atoms with Crippen LogP contribution in [0.5, 0.6) is 0 Å². The summed E-state index contributed by atoms with van der Waals surface area (Å²) in [5.74, 6) is 1.76. The zero-order valence-electron chi connectivity index (χ0n) is 16.5. The molecule has 2 saturated heterocycles. The van der Waals surface area contributed by atoms with Gasteiger partial charge in [-0.2, -0.15) is 4.98 Å². The molecule has 6 heteroatoms. The average Bonchev–Trinajstić information content (AvgIpc) is 3.47. The molecular weight excluding hydrogens is 352 g/mol. The van der Waals surface area contributed by atoms with Crippen LogP contribution in [0.1, 0.15) is 56.4 Å². The van der Waals surface area contributed by atoms with Gasteiger partial charge in [-0.1, -0.05) is 37.3 Å². The standard InChI is InChI=1S/C22H28N4O2/c1-2-19-23-21(24-28-19)25-12-10-22(11-13-25)14-18(16-6-4-3-5-7-16)20(27)26(15-22)17-8-9-17/h3-7,17-18H,2,8-15H2,1H3/t18-/m0/s1. The van der Waals surface area contributed by atoms with Gasteiger partial charge in [0.2, 0.25) is 11.8 Å². The molecule has 0 N–H and O–H groups in total. The molecule has 1 aromatic carbocycles. The van der Waals surface area contributed by atoms with Crippen LogP contribution in [-0.4, -0.2) is 46.6 Å². The summed E-state index contributed by atoms with van der Waals surface area (Å²) in [4.78, 5) is 22.2. The number of nitrogens with zero attached hydrogens (tertiary/aromatic N) is 4. The second kappa shape index (κ2) is 6.90. The lowest BCUT2D eigenvalue weighted by atomic mass is 9.67. The Morgan fingerprint density at radius 2 is 1.93 bits per heavy atom. The van der Waals surface area contributed by atoms with Crippen LogP contribution < -0.4 is 4.90 Å². The molecule has 2 aliphatic heterocycles. The van der Waals surface area contributed by atoms with E-state index in [-0.39, 0.29) is 11.3 Å². The van der Waals surface area contributed by atoms with E-state index in [4.69, 9.17) is 4.52 Å². The van der Waals surface area contributed by atoms with E-state index in [9.17, 15) is 4.79 Å². The summed E-state index contributed by atoms with van der Waals surface area (Å²) in [5, 5.41) is 4.15. The number of anilines is 1. The topological polar surface area (TPSA) is 62.5 Å². The molecule has 1 spiro atoms. The fourth-order valence-electron chi connectivity index (χ4n) is 4.93. The smallest absolute Gasteiger partial charge is 0.266 e. The highest BCUT2D eigenvalue weighted by molar-refractivity contribution is 5.85. The Labute approximate surface area is 165 Å². The van der Waals surface area contributed by atoms with Gasteiger partial charge in [-0.3, -0.25) is 4.79 Å². The Kier molecular flexibility index (Phi) is 4.37. The maximum atomic E-state index is 13.2. The van der Waals surface area contributed by atoms with Gasteiger partial charge in [0.15, 0.2) is 0 Å². The highest BCUT2D eigenvalue weighted by Gasteiger charge is 2.49. The van der Waals surface area contributed by atoms with Gasteiger partial charge in [-0.25, -0.2) is 0 Å². The van der Waals surface area contributed by atoms with Crippen molar-refractivity contribution in [1.29, 1.82) is 0 Å². The van der Waals surface area contributed by atoms with Crippen LogP contribution in [0.4, 0.5) is 5.95 Å². The molecule has 0 bridgehead atoms. The van der Waals surface area contributed by atoms with Gasteiger partial charge in [-0.05, 0) is 48.2 Å². The highest BCUT2D eigenvalue weighted by Crippen LogP contribution is 2.48. The number of hydrogen-bond acceptors (Lipinski definition) is 5. The minimum atomic E-state index is -0.000954. The average molecular weight is 380 g/mol. The number of hydrogen-bond donors (Lipinski definition) is 0. The van der Waals surface area contributed by atoms with Crippen LogP contribution in [0.3, 0.4) is 0 Å². The van der Waals surface area contributed by atoms with Gasteiger partial charge < -0.3 is 14.3 Å². The molecule has 3 heterocycles. The van der Waals surface area contributed by atoms with Crippen molar-refractivity contribution >= 4 is 11.9 Å². The van der Waals surface area contributed by atoms with Gasteiger partial charge in [0.05, 0.1) is 5.92 Å². The Hall–Kier alpha value is -2.37. The van der Waals surface area contributed by atoms with E-state index < -0.39 is 0 Å². The first kappa shape index (κ1) is 17.7. The molecule has 5 rings (SSSR count). The summed E-state index contributed by atoms with van der Waals surface area (Å²) in [5.41, 5.74) is 1.37. The number of aryl methyl sites for hydroxylation is 1. The zero-order valence-corrected chi connectivity index (χ0v) is 16.5.